The molecule has 0 radical (unpaired) electrons. The smallest absolute Gasteiger partial charge is 0.260 e. The van der Waals surface area contributed by atoms with Gasteiger partial charge in [0, 0.05) is 25.2 Å². The van der Waals surface area contributed by atoms with Gasteiger partial charge in [-0.2, -0.15) is 0 Å². The quantitative estimate of drug-likeness (QED) is 0.639. The molecule has 2 aromatic carbocycles. The maximum atomic E-state index is 13.3. The molecule has 1 aliphatic heterocycles. The molecule has 1 fully saturated rings. The van der Waals surface area contributed by atoms with Gasteiger partial charge in [-0.1, -0.05) is 60.7 Å². The van der Waals surface area contributed by atoms with Crippen molar-refractivity contribution in [2.75, 3.05) is 13.1 Å². The third-order valence-corrected chi connectivity index (χ3v) is 5.55. The van der Waals surface area contributed by atoms with Crippen molar-refractivity contribution in [1.82, 2.24) is 14.7 Å². The van der Waals surface area contributed by atoms with Crippen LogP contribution in [0.5, 0.6) is 5.88 Å². The second-order valence-electron chi connectivity index (χ2n) is 7.77. The molecule has 2 N–H and O–H groups in total. The second kappa shape index (κ2) is 9.47. The summed E-state index contributed by atoms with van der Waals surface area (Å²) < 4.78 is 7.69. The molecule has 7 heteroatoms. The van der Waals surface area contributed by atoms with E-state index in [1.54, 1.807) is 15.8 Å². The van der Waals surface area contributed by atoms with Crippen molar-refractivity contribution >= 4 is 11.8 Å². The van der Waals surface area contributed by atoms with Gasteiger partial charge in [0.15, 0.2) is 0 Å². The van der Waals surface area contributed by atoms with E-state index in [-0.39, 0.29) is 17.7 Å². The lowest BCUT2D eigenvalue weighted by Crippen LogP contribution is -2.41. The van der Waals surface area contributed by atoms with Gasteiger partial charge in [-0.15, -0.1) is 5.10 Å². The van der Waals surface area contributed by atoms with Crippen molar-refractivity contribution in [1.29, 1.82) is 0 Å². The van der Waals surface area contributed by atoms with Crippen molar-refractivity contribution < 1.29 is 14.3 Å². The standard InChI is InChI=1S/C24H26N4O3/c25-22(29)20-11-13-27(14-12-20)24(30)21-16-28(15-18-7-3-1-4-8-18)26-23(21)31-17-19-9-5-2-6-10-19/h1-10,16,20H,11-15,17H2,(H2,25,29). The summed E-state index contributed by atoms with van der Waals surface area (Å²) in [6.45, 7) is 1.86. The van der Waals surface area contributed by atoms with Crippen LogP contribution in [0, 0.1) is 5.92 Å². The fraction of sp³-hybridized carbons (Fsp3) is 0.292. The number of carbonyl (C=O) groups excluding carboxylic acids is 2. The zero-order chi connectivity index (χ0) is 21.6. The number of carbonyl (C=O) groups is 2. The summed E-state index contributed by atoms with van der Waals surface area (Å²) in [5.74, 6) is -0.277. The highest BCUT2D eigenvalue weighted by molar-refractivity contribution is 5.96. The molecule has 160 valence electrons. The molecule has 2 amide bonds. The minimum absolute atomic E-state index is 0.134. The van der Waals surface area contributed by atoms with E-state index in [0.29, 0.717) is 50.5 Å². The van der Waals surface area contributed by atoms with Crippen molar-refractivity contribution in [3.05, 3.63) is 83.6 Å². The summed E-state index contributed by atoms with van der Waals surface area (Å²) >= 11 is 0. The molecule has 4 rings (SSSR count). The van der Waals surface area contributed by atoms with E-state index < -0.39 is 0 Å². The molecule has 2 heterocycles. The number of nitrogens with two attached hydrogens (primary N) is 1. The first-order valence-electron chi connectivity index (χ1n) is 10.5. The van der Waals surface area contributed by atoms with Crippen LogP contribution in [0.4, 0.5) is 0 Å². The van der Waals surface area contributed by atoms with Gasteiger partial charge < -0.3 is 15.4 Å². The van der Waals surface area contributed by atoms with Crippen LogP contribution >= 0.6 is 0 Å². The van der Waals surface area contributed by atoms with Gasteiger partial charge in [-0.05, 0) is 24.0 Å². The molecule has 0 saturated carbocycles. The Hall–Kier alpha value is -3.61. The molecule has 0 atom stereocenters. The van der Waals surface area contributed by atoms with Gasteiger partial charge >= 0.3 is 0 Å². The fourth-order valence-electron chi connectivity index (χ4n) is 3.77. The number of rotatable bonds is 7. The van der Waals surface area contributed by atoms with Crippen LogP contribution in [0.15, 0.2) is 66.9 Å². The summed E-state index contributed by atoms with van der Waals surface area (Å²) in [6.07, 6.45) is 2.91. The average molecular weight is 418 g/mol. The number of piperidine rings is 1. The normalized spacial score (nSPS) is 14.4. The van der Waals surface area contributed by atoms with Crippen LogP contribution < -0.4 is 10.5 Å². The minimum atomic E-state index is -0.297. The topological polar surface area (TPSA) is 90.5 Å². The first-order chi connectivity index (χ1) is 15.1. The number of hydrogen-bond acceptors (Lipinski definition) is 4. The Morgan fingerprint density at radius 3 is 2.19 bits per heavy atom. The van der Waals surface area contributed by atoms with Crippen LogP contribution in [0.3, 0.4) is 0 Å². The lowest BCUT2D eigenvalue weighted by Gasteiger charge is -2.30. The maximum absolute atomic E-state index is 13.3. The van der Waals surface area contributed by atoms with Crippen molar-refractivity contribution in [2.24, 2.45) is 11.7 Å². The van der Waals surface area contributed by atoms with Gasteiger partial charge in [-0.25, -0.2) is 0 Å². The Balaban J connectivity index is 1.53. The van der Waals surface area contributed by atoms with E-state index in [4.69, 9.17) is 10.5 Å². The van der Waals surface area contributed by atoms with E-state index in [9.17, 15) is 9.59 Å². The van der Waals surface area contributed by atoms with Crippen molar-refractivity contribution in [3.8, 4) is 5.88 Å². The predicted octanol–water partition coefficient (Wildman–Crippen LogP) is 2.85. The van der Waals surface area contributed by atoms with Gasteiger partial charge in [0.1, 0.15) is 12.2 Å². The van der Waals surface area contributed by atoms with Gasteiger partial charge in [0.25, 0.3) is 5.91 Å². The van der Waals surface area contributed by atoms with Gasteiger partial charge in [-0.3, -0.25) is 14.3 Å². The Morgan fingerprint density at radius 1 is 0.968 bits per heavy atom. The highest BCUT2D eigenvalue weighted by Crippen LogP contribution is 2.24. The van der Waals surface area contributed by atoms with Gasteiger partial charge in [0.2, 0.25) is 11.8 Å². The highest BCUT2D eigenvalue weighted by atomic mass is 16.5. The van der Waals surface area contributed by atoms with Crippen molar-refractivity contribution in [3.63, 3.8) is 0 Å². The van der Waals surface area contributed by atoms with Gasteiger partial charge in [0.05, 0.1) is 6.54 Å². The SMILES string of the molecule is NC(=O)C1CCN(C(=O)c2cn(Cc3ccccc3)nc2OCc2ccccc2)CC1. The lowest BCUT2D eigenvalue weighted by molar-refractivity contribution is -0.123. The van der Waals surface area contributed by atoms with Crippen LogP contribution in [0.25, 0.3) is 0 Å². The largest absolute Gasteiger partial charge is 0.471 e. The third kappa shape index (κ3) is 5.12. The number of ether oxygens (including phenoxy) is 1. The molecular weight excluding hydrogens is 392 g/mol. The van der Waals surface area contributed by atoms with E-state index in [0.717, 1.165) is 11.1 Å². The molecule has 0 unspecified atom stereocenters. The number of hydrogen-bond donors (Lipinski definition) is 1. The summed E-state index contributed by atoms with van der Waals surface area (Å²) in [7, 11) is 0. The Bertz CT molecular complexity index is 1030. The molecule has 7 nitrogen and oxygen atoms in total. The molecule has 1 aliphatic rings. The molecule has 0 spiro atoms. The number of nitrogens with zero attached hydrogens (tertiary/aromatic N) is 3. The van der Waals surface area contributed by atoms with E-state index >= 15 is 0 Å². The number of aromatic nitrogens is 2. The maximum Gasteiger partial charge on any atom is 0.260 e. The Kier molecular flexibility index (Phi) is 6.31. The molecule has 0 aliphatic carbocycles. The third-order valence-electron chi connectivity index (χ3n) is 5.55. The van der Waals surface area contributed by atoms with Crippen LogP contribution in [-0.2, 0) is 17.9 Å². The molecular formula is C24H26N4O3. The summed E-state index contributed by atoms with van der Waals surface area (Å²) in [6, 6.07) is 19.7. The first kappa shape index (κ1) is 20.7. The van der Waals surface area contributed by atoms with Crippen LogP contribution in [-0.4, -0.2) is 39.6 Å². The first-order valence-corrected chi connectivity index (χ1v) is 10.5. The minimum Gasteiger partial charge on any atom is -0.471 e. The summed E-state index contributed by atoms with van der Waals surface area (Å²) in [4.78, 5) is 26.4. The van der Waals surface area contributed by atoms with E-state index in [1.165, 1.54) is 0 Å². The lowest BCUT2D eigenvalue weighted by atomic mass is 9.96. The van der Waals surface area contributed by atoms with E-state index in [2.05, 4.69) is 5.10 Å². The fourth-order valence-corrected chi connectivity index (χ4v) is 3.77. The zero-order valence-electron chi connectivity index (χ0n) is 17.3. The predicted molar refractivity (Wildman–Crippen MR) is 116 cm³/mol. The monoisotopic (exact) mass is 418 g/mol. The number of primary amides is 1. The summed E-state index contributed by atoms with van der Waals surface area (Å²) in [5, 5.41) is 4.55. The van der Waals surface area contributed by atoms with Crippen LogP contribution in [0.1, 0.15) is 34.3 Å². The highest BCUT2D eigenvalue weighted by Gasteiger charge is 2.29. The number of benzene rings is 2. The number of amides is 2. The Labute approximate surface area is 181 Å². The Morgan fingerprint density at radius 2 is 1.58 bits per heavy atom. The van der Waals surface area contributed by atoms with Crippen molar-refractivity contribution in [2.45, 2.75) is 26.0 Å². The molecule has 0 bridgehead atoms. The molecule has 31 heavy (non-hydrogen) atoms. The second-order valence-corrected chi connectivity index (χ2v) is 7.77. The molecule has 1 aromatic heterocycles. The molecule has 1 saturated heterocycles. The summed E-state index contributed by atoms with van der Waals surface area (Å²) in [5.41, 5.74) is 7.94. The van der Waals surface area contributed by atoms with Crippen LogP contribution in [0.2, 0.25) is 0 Å². The number of likely N-dealkylation sites (tertiary alicyclic amines) is 1. The zero-order valence-corrected chi connectivity index (χ0v) is 17.3. The average Bonchev–Trinajstić information content (AvgIpc) is 3.21. The molecule has 3 aromatic rings. The van der Waals surface area contributed by atoms with E-state index in [1.807, 2.05) is 60.7 Å².